The SMILES string of the molecule is O=C(c1ccc([N+](=O)[O-])cc1)N1CCCCC1c1nc2ccccc2s1. The number of non-ortho nitro benzene ring substituents is 1. The summed E-state index contributed by atoms with van der Waals surface area (Å²) in [5, 5.41) is 11.8. The number of rotatable bonds is 3. The van der Waals surface area contributed by atoms with Gasteiger partial charge in [-0.15, -0.1) is 11.3 Å². The minimum Gasteiger partial charge on any atom is -0.329 e. The van der Waals surface area contributed by atoms with Crippen molar-refractivity contribution in [3.05, 3.63) is 69.2 Å². The largest absolute Gasteiger partial charge is 0.329 e. The number of amides is 1. The molecule has 1 unspecified atom stereocenters. The fourth-order valence-corrected chi connectivity index (χ4v) is 4.47. The van der Waals surface area contributed by atoms with Gasteiger partial charge in [0.1, 0.15) is 5.01 Å². The lowest BCUT2D eigenvalue weighted by Crippen LogP contribution is -2.38. The summed E-state index contributed by atoms with van der Waals surface area (Å²) in [6, 6.07) is 13.8. The topological polar surface area (TPSA) is 76.3 Å². The molecule has 0 N–H and O–H groups in total. The van der Waals surface area contributed by atoms with Gasteiger partial charge in [0.05, 0.1) is 21.2 Å². The van der Waals surface area contributed by atoms with Crippen LogP contribution >= 0.6 is 11.3 Å². The lowest BCUT2D eigenvalue weighted by molar-refractivity contribution is -0.384. The summed E-state index contributed by atoms with van der Waals surface area (Å²) in [6.45, 7) is 0.677. The van der Waals surface area contributed by atoms with Crippen LogP contribution < -0.4 is 0 Å². The van der Waals surface area contributed by atoms with Gasteiger partial charge in [0.15, 0.2) is 0 Å². The van der Waals surface area contributed by atoms with E-state index in [4.69, 9.17) is 4.98 Å². The van der Waals surface area contributed by atoms with Crippen LogP contribution in [0.5, 0.6) is 0 Å². The highest BCUT2D eigenvalue weighted by molar-refractivity contribution is 7.18. The molecule has 0 saturated carbocycles. The van der Waals surface area contributed by atoms with Crippen molar-refractivity contribution >= 4 is 33.1 Å². The third kappa shape index (κ3) is 3.06. The molecule has 0 aliphatic carbocycles. The van der Waals surface area contributed by atoms with Crippen LogP contribution in [0.15, 0.2) is 48.5 Å². The van der Waals surface area contributed by atoms with Crippen LogP contribution in [0.1, 0.15) is 40.7 Å². The number of hydrogen-bond donors (Lipinski definition) is 0. The molecule has 0 spiro atoms. The summed E-state index contributed by atoms with van der Waals surface area (Å²) in [5.41, 5.74) is 1.42. The average molecular weight is 367 g/mol. The molecule has 1 saturated heterocycles. The van der Waals surface area contributed by atoms with Crippen molar-refractivity contribution in [1.82, 2.24) is 9.88 Å². The molecule has 0 radical (unpaired) electrons. The zero-order valence-corrected chi connectivity index (χ0v) is 14.8. The Morgan fingerprint density at radius 2 is 1.92 bits per heavy atom. The summed E-state index contributed by atoms with van der Waals surface area (Å²) in [6.07, 6.45) is 2.91. The Kier molecular flexibility index (Phi) is 4.38. The van der Waals surface area contributed by atoms with Crippen molar-refractivity contribution in [3.63, 3.8) is 0 Å². The highest BCUT2D eigenvalue weighted by Gasteiger charge is 2.31. The second-order valence-electron chi connectivity index (χ2n) is 6.33. The van der Waals surface area contributed by atoms with Crippen molar-refractivity contribution in [2.75, 3.05) is 6.54 Å². The van der Waals surface area contributed by atoms with Crippen LogP contribution in [-0.4, -0.2) is 27.3 Å². The molecule has 1 aromatic heterocycles. The van der Waals surface area contributed by atoms with Crippen LogP contribution in [0.2, 0.25) is 0 Å². The van der Waals surface area contributed by atoms with Crippen LogP contribution in [0.3, 0.4) is 0 Å². The quantitative estimate of drug-likeness (QED) is 0.502. The number of carbonyl (C=O) groups is 1. The molecule has 1 aliphatic rings. The van der Waals surface area contributed by atoms with Crippen LogP contribution in [-0.2, 0) is 0 Å². The lowest BCUT2D eigenvalue weighted by Gasteiger charge is -2.34. The van der Waals surface area contributed by atoms with E-state index in [0.717, 1.165) is 34.5 Å². The number of aromatic nitrogens is 1. The summed E-state index contributed by atoms with van der Waals surface area (Å²) in [4.78, 5) is 30.0. The molecule has 6 nitrogen and oxygen atoms in total. The Labute approximate surface area is 154 Å². The van der Waals surface area contributed by atoms with E-state index in [1.54, 1.807) is 11.3 Å². The third-order valence-corrected chi connectivity index (χ3v) is 5.82. The predicted octanol–water partition coefficient (Wildman–Crippen LogP) is 4.57. The molecular weight excluding hydrogens is 350 g/mol. The first-order chi connectivity index (χ1) is 12.6. The maximum absolute atomic E-state index is 13.0. The van der Waals surface area contributed by atoms with Crippen molar-refractivity contribution < 1.29 is 9.72 Å². The number of piperidine rings is 1. The van der Waals surface area contributed by atoms with Gasteiger partial charge in [-0.1, -0.05) is 12.1 Å². The van der Waals surface area contributed by atoms with Crippen molar-refractivity contribution in [3.8, 4) is 0 Å². The summed E-state index contributed by atoms with van der Waals surface area (Å²) < 4.78 is 1.12. The number of nitro benzene ring substituents is 1. The number of carbonyl (C=O) groups excluding carboxylic acids is 1. The molecule has 4 rings (SSSR count). The molecule has 7 heteroatoms. The number of likely N-dealkylation sites (tertiary alicyclic amines) is 1. The number of benzene rings is 2. The second-order valence-corrected chi connectivity index (χ2v) is 7.40. The van der Waals surface area contributed by atoms with Gasteiger partial charge in [0.25, 0.3) is 11.6 Å². The normalized spacial score (nSPS) is 17.4. The highest BCUT2D eigenvalue weighted by atomic mass is 32.1. The van der Waals surface area contributed by atoms with E-state index in [-0.39, 0.29) is 17.6 Å². The molecule has 1 atom stereocenters. The van der Waals surface area contributed by atoms with Gasteiger partial charge >= 0.3 is 0 Å². The Balaban J connectivity index is 1.64. The van der Waals surface area contributed by atoms with Gasteiger partial charge in [0, 0.05) is 24.2 Å². The number of thiazole rings is 1. The minimum atomic E-state index is -0.459. The zero-order chi connectivity index (χ0) is 18.1. The van der Waals surface area contributed by atoms with Gasteiger partial charge in [-0.05, 0) is 43.5 Å². The van der Waals surface area contributed by atoms with Crippen molar-refractivity contribution in [2.24, 2.45) is 0 Å². The molecule has 1 fully saturated rings. The van der Waals surface area contributed by atoms with Gasteiger partial charge in [-0.2, -0.15) is 0 Å². The fraction of sp³-hybridized carbons (Fsp3) is 0.263. The minimum absolute atomic E-state index is 0.0112. The first kappa shape index (κ1) is 16.7. The van der Waals surface area contributed by atoms with E-state index < -0.39 is 4.92 Å². The summed E-state index contributed by atoms with van der Waals surface area (Å²) in [5.74, 6) is -0.0937. The van der Waals surface area contributed by atoms with E-state index in [2.05, 4.69) is 0 Å². The number of nitro groups is 1. The Morgan fingerprint density at radius 3 is 2.65 bits per heavy atom. The van der Waals surface area contributed by atoms with E-state index >= 15 is 0 Å². The van der Waals surface area contributed by atoms with Gasteiger partial charge in [-0.25, -0.2) is 4.98 Å². The number of hydrogen-bond acceptors (Lipinski definition) is 5. The van der Waals surface area contributed by atoms with Crippen LogP contribution in [0, 0.1) is 10.1 Å². The molecule has 2 aromatic carbocycles. The molecule has 0 bridgehead atoms. The molecule has 3 aromatic rings. The Bertz CT molecular complexity index is 935. The Hall–Kier alpha value is -2.80. The van der Waals surface area contributed by atoms with Crippen LogP contribution in [0.25, 0.3) is 10.2 Å². The first-order valence-electron chi connectivity index (χ1n) is 8.54. The molecule has 2 heterocycles. The maximum atomic E-state index is 13.0. The number of nitrogens with zero attached hydrogens (tertiary/aromatic N) is 3. The smallest absolute Gasteiger partial charge is 0.269 e. The van der Waals surface area contributed by atoms with Gasteiger partial charge in [-0.3, -0.25) is 14.9 Å². The second kappa shape index (κ2) is 6.84. The number of fused-ring (bicyclic) bond motifs is 1. The average Bonchev–Trinajstić information content (AvgIpc) is 3.11. The van der Waals surface area contributed by atoms with E-state index in [9.17, 15) is 14.9 Å². The highest BCUT2D eigenvalue weighted by Crippen LogP contribution is 2.36. The Morgan fingerprint density at radius 1 is 1.15 bits per heavy atom. The van der Waals surface area contributed by atoms with Crippen molar-refractivity contribution in [1.29, 1.82) is 0 Å². The molecule has 1 aliphatic heterocycles. The zero-order valence-electron chi connectivity index (χ0n) is 14.0. The summed E-state index contributed by atoms with van der Waals surface area (Å²) >= 11 is 1.63. The van der Waals surface area contributed by atoms with Gasteiger partial charge in [0.2, 0.25) is 0 Å². The third-order valence-electron chi connectivity index (χ3n) is 4.68. The van der Waals surface area contributed by atoms with E-state index in [0.29, 0.717) is 12.1 Å². The van der Waals surface area contributed by atoms with E-state index in [1.807, 2.05) is 29.2 Å². The molecular formula is C19H17N3O3S. The lowest BCUT2D eigenvalue weighted by atomic mass is 10.0. The molecule has 132 valence electrons. The van der Waals surface area contributed by atoms with E-state index in [1.165, 1.54) is 24.3 Å². The fourth-order valence-electron chi connectivity index (χ4n) is 3.36. The summed E-state index contributed by atoms with van der Waals surface area (Å²) in [7, 11) is 0. The standard InChI is InChI=1S/C19H17N3O3S/c23-19(13-8-10-14(11-9-13)22(24)25)21-12-4-3-6-16(21)18-20-15-5-1-2-7-17(15)26-18/h1-2,5,7-11,16H,3-4,6,12H2. The maximum Gasteiger partial charge on any atom is 0.269 e. The van der Waals surface area contributed by atoms with Crippen molar-refractivity contribution in [2.45, 2.75) is 25.3 Å². The van der Waals surface area contributed by atoms with Crippen LogP contribution in [0.4, 0.5) is 5.69 Å². The predicted molar refractivity (Wildman–Crippen MR) is 100 cm³/mol. The molecule has 26 heavy (non-hydrogen) atoms. The monoisotopic (exact) mass is 367 g/mol. The number of para-hydroxylation sites is 1. The first-order valence-corrected chi connectivity index (χ1v) is 9.36. The van der Waals surface area contributed by atoms with Gasteiger partial charge < -0.3 is 4.90 Å². The molecule has 1 amide bonds.